The lowest BCUT2D eigenvalue weighted by Gasteiger charge is -2.19. The summed E-state index contributed by atoms with van der Waals surface area (Å²) in [6.07, 6.45) is 0. The molecule has 224 valence electrons. The molecular weight excluding hydrogens is 662 g/mol. The number of aromatic nitrogens is 2. The van der Waals surface area contributed by atoms with Crippen LogP contribution < -0.4 is 4.40 Å². The van der Waals surface area contributed by atoms with Crippen molar-refractivity contribution in [2.24, 2.45) is 0 Å². The number of rotatable bonds is 4. The standard InChI is InChI=1S/C41H23Cl4N2/c42-28-16-8-24(9-17-28)36-32-4-3-5-33-37(25-10-18-29(43)19-11-25)40(27-14-22-31(45)23-15-27)47-35-7-2-1-6-34(35)46(41(47)38(32)33)39(36)26-12-20-30(44)21-13-26/h1-23H/q+1. The molecule has 0 spiro atoms. The van der Waals surface area contributed by atoms with Gasteiger partial charge >= 0.3 is 5.65 Å². The van der Waals surface area contributed by atoms with E-state index in [0.29, 0.717) is 20.1 Å². The van der Waals surface area contributed by atoms with Crippen molar-refractivity contribution < 1.29 is 4.40 Å². The lowest BCUT2D eigenvalue weighted by molar-refractivity contribution is -0.466. The molecule has 0 saturated heterocycles. The van der Waals surface area contributed by atoms with Gasteiger partial charge in [-0.25, -0.2) is 0 Å². The normalized spacial score (nSPS) is 11.8. The van der Waals surface area contributed by atoms with Crippen molar-refractivity contribution in [1.82, 2.24) is 4.40 Å². The Kier molecular flexibility index (Phi) is 6.71. The Labute approximate surface area is 290 Å². The molecule has 0 atom stereocenters. The quantitative estimate of drug-likeness (QED) is 0.163. The molecule has 0 fully saturated rings. The van der Waals surface area contributed by atoms with Crippen LogP contribution in [-0.4, -0.2) is 4.40 Å². The smallest absolute Gasteiger partial charge is 0.186 e. The largest absolute Gasteiger partial charge is 0.301 e. The molecule has 6 heteroatoms. The van der Waals surface area contributed by atoms with Crippen molar-refractivity contribution >= 4 is 79.2 Å². The summed E-state index contributed by atoms with van der Waals surface area (Å²) >= 11 is 25.8. The fourth-order valence-electron chi connectivity index (χ4n) is 7.12. The van der Waals surface area contributed by atoms with Crippen molar-refractivity contribution in [3.8, 4) is 44.8 Å². The first-order chi connectivity index (χ1) is 23.0. The zero-order chi connectivity index (χ0) is 31.8. The maximum absolute atomic E-state index is 6.45. The predicted molar refractivity (Wildman–Crippen MR) is 199 cm³/mol. The molecule has 47 heavy (non-hydrogen) atoms. The molecule has 6 aromatic carbocycles. The summed E-state index contributed by atoms with van der Waals surface area (Å²) in [7, 11) is 0. The van der Waals surface area contributed by atoms with Crippen molar-refractivity contribution in [2.75, 3.05) is 0 Å². The van der Waals surface area contributed by atoms with E-state index in [1.807, 2.05) is 48.5 Å². The highest BCUT2D eigenvalue weighted by atomic mass is 35.5. The number of imidazole rings is 1. The lowest BCUT2D eigenvalue weighted by atomic mass is 9.88. The van der Waals surface area contributed by atoms with E-state index in [0.717, 1.165) is 77.6 Å². The zero-order valence-electron chi connectivity index (χ0n) is 24.7. The summed E-state index contributed by atoms with van der Waals surface area (Å²) < 4.78 is 4.84. The van der Waals surface area contributed by atoms with E-state index in [2.05, 4.69) is 99.8 Å². The summed E-state index contributed by atoms with van der Waals surface area (Å²) in [5.74, 6) is 0. The number of hydrogen-bond acceptors (Lipinski definition) is 0. The first-order valence-corrected chi connectivity index (χ1v) is 16.7. The SMILES string of the molecule is Clc1ccc(-c2c(-c3ccc(Cl)cc3)n3c4ccccc4[n+]4c(-c5ccc(Cl)cc5)c(-c5ccc(Cl)cc5)c5cccc2c5c34)cc1. The van der Waals surface area contributed by atoms with E-state index in [4.69, 9.17) is 46.4 Å². The van der Waals surface area contributed by atoms with Gasteiger partial charge in [0.25, 0.3) is 0 Å². The summed E-state index contributed by atoms with van der Waals surface area (Å²) in [5.41, 5.74) is 11.9. The average Bonchev–Trinajstić information content (AvgIpc) is 3.44. The monoisotopic (exact) mass is 683 g/mol. The van der Waals surface area contributed by atoms with E-state index in [1.54, 1.807) is 0 Å². The van der Waals surface area contributed by atoms with Gasteiger partial charge in [0.1, 0.15) is 11.4 Å². The molecule has 9 aromatic rings. The molecule has 0 aliphatic carbocycles. The van der Waals surface area contributed by atoms with Gasteiger partial charge in [0.15, 0.2) is 11.0 Å². The van der Waals surface area contributed by atoms with Gasteiger partial charge in [0.2, 0.25) is 0 Å². The van der Waals surface area contributed by atoms with Gasteiger partial charge in [-0.3, -0.25) is 0 Å². The molecule has 0 aliphatic heterocycles. The van der Waals surface area contributed by atoms with Crippen LogP contribution in [0.5, 0.6) is 0 Å². The number of fused-ring (bicyclic) bond motifs is 3. The first-order valence-electron chi connectivity index (χ1n) is 15.2. The zero-order valence-corrected chi connectivity index (χ0v) is 27.7. The van der Waals surface area contributed by atoms with Crippen LogP contribution in [0.2, 0.25) is 20.1 Å². The van der Waals surface area contributed by atoms with Crippen LogP contribution in [0.3, 0.4) is 0 Å². The lowest BCUT2D eigenvalue weighted by Crippen LogP contribution is -2.26. The van der Waals surface area contributed by atoms with E-state index in [-0.39, 0.29) is 0 Å². The van der Waals surface area contributed by atoms with Crippen LogP contribution in [0, 0.1) is 0 Å². The number of halogens is 4. The van der Waals surface area contributed by atoms with Gasteiger partial charge in [0.05, 0.1) is 5.39 Å². The maximum Gasteiger partial charge on any atom is 0.301 e. The van der Waals surface area contributed by atoms with Gasteiger partial charge < -0.3 is 0 Å². The van der Waals surface area contributed by atoms with Crippen molar-refractivity contribution in [1.29, 1.82) is 0 Å². The Morgan fingerprint density at radius 3 is 1.47 bits per heavy atom. The number of para-hydroxylation sites is 2. The van der Waals surface area contributed by atoms with Gasteiger partial charge in [-0.2, -0.15) is 8.80 Å². The summed E-state index contributed by atoms with van der Waals surface area (Å²) in [6.45, 7) is 0. The second kappa shape index (κ2) is 11.0. The minimum atomic E-state index is 0.690. The van der Waals surface area contributed by atoms with Crippen LogP contribution in [0.1, 0.15) is 0 Å². The summed E-state index contributed by atoms with van der Waals surface area (Å²) in [6, 6.07) is 47.7. The molecule has 0 amide bonds. The summed E-state index contributed by atoms with van der Waals surface area (Å²) in [4.78, 5) is 0. The number of benzene rings is 6. The van der Waals surface area contributed by atoms with Gasteiger partial charge in [-0.05, 0) is 96.1 Å². The molecular formula is C41H23Cl4N2+. The minimum absolute atomic E-state index is 0.690. The van der Waals surface area contributed by atoms with Crippen molar-refractivity contribution in [3.05, 3.63) is 160 Å². The molecule has 3 aromatic heterocycles. The van der Waals surface area contributed by atoms with Crippen LogP contribution in [0.25, 0.3) is 77.6 Å². The van der Waals surface area contributed by atoms with Gasteiger partial charge in [-0.15, -0.1) is 0 Å². The number of hydrogen-bond donors (Lipinski definition) is 0. The topological polar surface area (TPSA) is 8.51 Å². The molecule has 0 unspecified atom stereocenters. The molecule has 0 bridgehead atoms. The molecule has 3 heterocycles. The average molecular weight is 685 g/mol. The fourth-order valence-corrected chi connectivity index (χ4v) is 7.62. The van der Waals surface area contributed by atoms with Crippen molar-refractivity contribution in [3.63, 3.8) is 0 Å². The highest BCUT2D eigenvalue weighted by molar-refractivity contribution is 6.32. The maximum atomic E-state index is 6.45. The third-order valence-electron chi connectivity index (χ3n) is 9.04. The van der Waals surface area contributed by atoms with Gasteiger partial charge in [0, 0.05) is 53.1 Å². The molecule has 0 N–H and O–H groups in total. The van der Waals surface area contributed by atoms with Gasteiger partial charge in [-0.1, -0.05) is 101 Å². The van der Waals surface area contributed by atoms with Crippen LogP contribution in [0.4, 0.5) is 0 Å². The van der Waals surface area contributed by atoms with Crippen LogP contribution in [-0.2, 0) is 0 Å². The minimum Gasteiger partial charge on any atom is -0.186 e. The molecule has 0 saturated carbocycles. The molecule has 2 nitrogen and oxygen atoms in total. The van der Waals surface area contributed by atoms with E-state index in [9.17, 15) is 0 Å². The third-order valence-corrected chi connectivity index (χ3v) is 10.0. The highest BCUT2D eigenvalue weighted by Crippen LogP contribution is 2.47. The molecule has 0 radical (unpaired) electrons. The Hall–Kier alpha value is -4.57. The van der Waals surface area contributed by atoms with E-state index in [1.165, 1.54) is 0 Å². The van der Waals surface area contributed by atoms with E-state index >= 15 is 0 Å². The van der Waals surface area contributed by atoms with Crippen LogP contribution in [0.15, 0.2) is 140 Å². The number of pyridine rings is 2. The van der Waals surface area contributed by atoms with E-state index < -0.39 is 0 Å². The fraction of sp³-hybridized carbons (Fsp3) is 0. The predicted octanol–water partition coefficient (Wildman–Crippen LogP) is 12.7. The molecule has 9 rings (SSSR count). The first kappa shape index (κ1) is 28.6. The Bertz CT molecular complexity index is 2440. The van der Waals surface area contributed by atoms with Crippen LogP contribution >= 0.6 is 46.4 Å². The summed E-state index contributed by atoms with van der Waals surface area (Å²) in [5, 5.41) is 6.21. The Morgan fingerprint density at radius 1 is 0.426 bits per heavy atom. The Balaban J connectivity index is 1.61. The third kappa shape index (κ3) is 4.44. The molecule has 0 aliphatic rings. The second-order valence-electron chi connectivity index (χ2n) is 11.7. The Morgan fingerprint density at radius 2 is 0.894 bits per heavy atom. The number of nitrogens with zero attached hydrogens (tertiary/aromatic N) is 2. The van der Waals surface area contributed by atoms with Crippen molar-refractivity contribution in [2.45, 2.75) is 0 Å². The highest BCUT2D eigenvalue weighted by Gasteiger charge is 2.34. The second-order valence-corrected chi connectivity index (χ2v) is 13.4.